The third-order valence-electron chi connectivity index (χ3n) is 2.43. The van der Waals surface area contributed by atoms with Crippen molar-refractivity contribution < 1.29 is 13.9 Å². The first-order chi connectivity index (χ1) is 9.15. The molecule has 0 aliphatic rings. The Bertz CT molecular complexity index is 472. The SMILES string of the molecule is CCOC(=O)C(=N)N=CCCCc1ccccc1F. The number of aliphatic imine (C=N–C) groups is 1. The summed E-state index contributed by atoms with van der Waals surface area (Å²) in [5.41, 5.74) is 0.663. The number of hydrogen-bond acceptors (Lipinski definition) is 3. The van der Waals surface area contributed by atoms with Gasteiger partial charge in [0, 0.05) is 6.21 Å². The van der Waals surface area contributed by atoms with E-state index in [0.29, 0.717) is 24.8 Å². The highest BCUT2D eigenvalue weighted by Gasteiger charge is 2.07. The van der Waals surface area contributed by atoms with Gasteiger partial charge in [0.15, 0.2) is 0 Å². The second-order valence-corrected chi connectivity index (χ2v) is 3.86. The van der Waals surface area contributed by atoms with Crippen LogP contribution in [0.5, 0.6) is 0 Å². The first-order valence-corrected chi connectivity index (χ1v) is 6.16. The summed E-state index contributed by atoms with van der Waals surface area (Å²) in [6.45, 7) is 1.90. The fraction of sp³-hybridized carbons (Fsp3) is 0.357. The molecule has 0 saturated carbocycles. The number of carbonyl (C=O) groups is 1. The number of nitrogens with one attached hydrogen (secondary N) is 1. The van der Waals surface area contributed by atoms with Gasteiger partial charge in [-0.2, -0.15) is 0 Å². The van der Waals surface area contributed by atoms with Crippen LogP contribution >= 0.6 is 0 Å². The van der Waals surface area contributed by atoms with E-state index in [-0.39, 0.29) is 12.4 Å². The monoisotopic (exact) mass is 264 g/mol. The highest BCUT2D eigenvalue weighted by atomic mass is 19.1. The Morgan fingerprint density at radius 3 is 2.89 bits per heavy atom. The number of halogens is 1. The maximum absolute atomic E-state index is 13.3. The van der Waals surface area contributed by atoms with E-state index in [0.717, 1.165) is 0 Å². The van der Waals surface area contributed by atoms with E-state index in [1.165, 1.54) is 12.3 Å². The highest BCUT2D eigenvalue weighted by molar-refractivity contribution is 6.35. The van der Waals surface area contributed by atoms with E-state index < -0.39 is 11.8 Å². The summed E-state index contributed by atoms with van der Waals surface area (Å²) in [6.07, 6.45) is 3.38. The second kappa shape index (κ2) is 8.13. The van der Waals surface area contributed by atoms with Gasteiger partial charge in [0.2, 0.25) is 5.84 Å². The number of esters is 1. The predicted molar refractivity (Wildman–Crippen MR) is 72.2 cm³/mol. The average molecular weight is 264 g/mol. The Kier molecular flexibility index (Phi) is 6.43. The zero-order chi connectivity index (χ0) is 14.1. The van der Waals surface area contributed by atoms with Crippen molar-refractivity contribution in [2.45, 2.75) is 26.2 Å². The minimum atomic E-state index is -0.729. The van der Waals surface area contributed by atoms with Gasteiger partial charge in [0.05, 0.1) is 6.61 Å². The number of hydrogen-bond donors (Lipinski definition) is 1. The largest absolute Gasteiger partial charge is 0.460 e. The Balaban J connectivity index is 2.29. The van der Waals surface area contributed by atoms with Crippen molar-refractivity contribution in [3.63, 3.8) is 0 Å². The molecule has 0 bridgehead atoms. The molecule has 0 fully saturated rings. The lowest BCUT2D eigenvalue weighted by atomic mass is 10.1. The van der Waals surface area contributed by atoms with E-state index in [1.54, 1.807) is 25.1 Å². The number of ether oxygens (including phenoxy) is 1. The van der Waals surface area contributed by atoms with Crippen molar-refractivity contribution in [1.29, 1.82) is 5.41 Å². The van der Waals surface area contributed by atoms with Gasteiger partial charge in [0.25, 0.3) is 0 Å². The van der Waals surface area contributed by atoms with Gasteiger partial charge < -0.3 is 4.74 Å². The van der Waals surface area contributed by atoms with Crippen LogP contribution < -0.4 is 0 Å². The van der Waals surface area contributed by atoms with Crippen LogP contribution in [0.4, 0.5) is 4.39 Å². The van der Waals surface area contributed by atoms with Crippen LogP contribution in [0.1, 0.15) is 25.3 Å². The molecule has 1 aromatic rings. The lowest BCUT2D eigenvalue weighted by molar-refractivity contribution is -0.135. The number of aryl methyl sites for hydroxylation is 1. The molecular weight excluding hydrogens is 247 g/mol. The van der Waals surface area contributed by atoms with Crippen molar-refractivity contribution >= 4 is 18.0 Å². The highest BCUT2D eigenvalue weighted by Crippen LogP contribution is 2.09. The summed E-state index contributed by atoms with van der Waals surface area (Å²) in [5.74, 6) is -1.35. The summed E-state index contributed by atoms with van der Waals surface area (Å²) in [5, 5.41) is 7.30. The minimum Gasteiger partial charge on any atom is -0.460 e. The van der Waals surface area contributed by atoms with Crippen molar-refractivity contribution in [2.75, 3.05) is 6.61 Å². The van der Waals surface area contributed by atoms with Crippen LogP contribution in [-0.2, 0) is 16.0 Å². The van der Waals surface area contributed by atoms with Gasteiger partial charge >= 0.3 is 5.97 Å². The van der Waals surface area contributed by atoms with Crippen LogP contribution in [0.15, 0.2) is 29.3 Å². The molecule has 1 rings (SSSR count). The predicted octanol–water partition coefficient (Wildman–Crippen LogP) is 2.76. The van der Waals surface area contributed by atoms with Crippen molar-refractivity contribution in [1.82, 2.24) is 0 Å². The molecule has 19 heavy (non-hydrogen) atoms. The molecule has 1 N–H and O–H groups in total. The Morgan fingerprint density at radius 1 is 1.47 bits per heavy atom. The first-order valence-electron chi connectivity index (χ1n) is 6.16. The molecule has 0 aliphatic heterocycles. The maximum Gasteiger partial charge on any atom is 0.375 e. The van der Waals surface area contributed by atoms with Gasteiger partial charge in [-0.3, -0.25) is 5.41 Å². The van der Waals surface area contributed by atoms with Crippen molar-refractivity contribution in [3.05, 3.63) is 35.6 Å². The third-order valence-corrected chi connectivity index (χ3v) is 2.43. The summed E-state index contributed by atoms with van der Waals surface area (Å²) in [7, 11) is 0. The number of carbonyl (C=O) groups excluding carboxylic acids is 1. The molecule has 4 nitrogen and oxygen atoms in total. The number of rotatable bonds is 5. The summed E-state index contributed by atoms with van der Waals surface area (Å²) < 4.78 is 17.9. The van der Waals surface area contributed by atoms with Gasteiger partial charge in [-0.15, -0.1) is 0 Å². The Hall–Kier alpha value is -2.04. The van der Waals surface area contributed by atoms with Crippen LogP contribution in [0.3, 0.4) is 0 Å². The van der Waals surface area contributed by atoms with Gasteiger partial charge in [-0.1, -0.05) is 18.2 Å². The van der Waals surface area contributed by atoms with E-state index in [1.807, 2.05) is 0 Å². The quantitative estimate of drug-likeness (QED) is 0.384. The Labute approximate surface area is 111 Å². The molecule has 0 aliphatic carbocycles. The topological polar surface area (TPSA) is 62.5 Å². The molecular formula is C14H17FN2O2. The third kappa shape index (κ3) is 5.42. The Morgan fingerprint density at radius 2 is 2.21 bits per heavy atom. The van der Waals surface area contributed by atoms with E-state index in [4.69, 9.17) is 5.41 Å². The molecule has 0 amide bonds. The van der Waals surface area contributed by atoms with E-state index >= 15 is 0 Å². The molecule has 1 aromatic carbocycles. The standard InChI is InChI=1S/C14H17FN2O2/c1-2-19-14(18)13(16)17-10-6-5-8-11-7-3-4-9-12(11)15/h3-4,7,9-10,16H,2,5-6,8H2,1H3. The molecule has 0 unspecified atom stereocenters. The van der Waals surface area contributed by atoms with Crippen LogP contribution in [0, 0.1) is 11.2 Å². The fourth-order valence-electron chi connectivity index (χ4n) is 1.49. The van der Waals surface area contributed by atoms with Gasteiger partial charge in [-0.05, 0) is 37.8 Å². The average Bonchev–Trinajstić information content (AvgIpc) is 2.40. The van der Waals surface area contributed by atoms with E-state index in [2.05, 4.69) is 9.73 Å². The zero-order valence-electron chi connectivity index (χ0n) is 10.9. The maximum atomic E-state index is 13.3. The smallest absolute Gasteiger partial charge is 0.375 e. The molecule has 0 aromatic heterocycles. The molecule has 0 atom stereocenters. The van der Waals surface area contributed by atoms with Crippen LogP contribution in [-0.4, -0.2) is 24.6 Å². The number of benzene rings is 1. The molecule has 5 heteroatoms. The van der Waals surface area contributed by atoms with Crippen LogP contribution in [0.2, 0.25) is 0 Å². The lowest BCUT2D eigenvalue weighted by Gasteiger charge is -2.00. The van der Waals surface area contributed by atoms with Crippen molar-refractivity contribution in [3.8, 4) is 0 Å². The molecule has 102 valence electrons. The molecule has 0 radical (unpaired) electrons. The van der Waals surface area contributed by atoms with Crippen molar-refractivity contribution in [2.24, 2.45) is 4.99 Å². The number of amidine groups is 1. The summed E-state index contributed by atoms with van der Waals surface area (Å²) >= 11 is 0. The minimum absolute atomic E-state index is 0.210. The normalized spacial score (nSPS) is 10.6. The first kappa shape index (κ1) is 15.0. The van der Waals surface area contributed by atoms with Crippen LogP contribution in [0.25, 0.3) is 0 Å². The molecule has 0 heterocycles. The second-order valence-electron chi connectivity index (χ2n) is 3.86. The van der Waals surface area contributed by atoms with Gasteiger partial charge in [0.1, 0.15) is 5.82 Å². The lowest BCUT2D eigenvalue weighted by Crippen LogP contribution is -2.14. The number of unbranched alkanes of at least 4 members (excludes halogenated alkanes) is 1. The van der Waals surface area contributed by atoms with E-state index in [9.17, 15) is 9.18 Å². The molecule has 0 saturated heterocycles. The van der Waals surface area contributed by atoms with Gasteiger partial charge in [-0.25, -0.2) is 14.2 Å². The molecule has 0 spiro atoms. The summed E-state index contributed by atoms with van der Waals surface area (Å²) in [6, 6.07) is 6.62. The zero-order valence-corrected chi connectivity index (χ0v) is 10.9. The fourth-order valence-corrected chi connectivity index (χ4v) is 1.49. The summed E-state index contributed by atoms with van der Waals surface area (Å²) in [4.78, 5) is 14.7. The number of nitrogens with zero attached hydrogens (tertiary/aromatic N) is 1.